The number of rotatable bonds is 1. The Morgan fingerprint density at radius 3 is 2.82 bits per heavy atom. The maximum atomic E-state index is 10.9. The van der Waals surface area contributed by atoms with E-state index in [9.17, 15) is 4.79 Å². The van der Waals surface area contributed by atoms with Crippen LogP contribution in [0.25, 0.3) is 0 Å². The minimum Gasteiger partial charge on any atom is -0.465 e. The number of nitrogen functional groups attached to an aromatic ring is 1. The van der Waals surface area contributed by atoms with Crippen molar-refractivity contribution in [1.82, 2.24) is 9.88 Å². The molecular weight excluding hydrogens is 220 g/mol. The summed E-state index contributed by atoms with van der Waals surface area (Å²) in [5, 5.41) is 8.93. The first-order valence-electron chi connectivity index (χ1n) is 5.54. The molecule has 6 nitrogen and oxygen atoms in total. The largest absolute Gasteiger partial charge is 0.465 e. The van der Waals surface area contributed by atoms with Crippen molar-refractivity contribution in [2.45, 2.75) is 13.0 Å². The summed E-state index contributed by atoms with van der Waals surface area (Å²) in [6.07, 6.45) is 0.870. The van der Waals surface area contributed by atoms with Crippen LogP contribution in [0.2, 0.25) is 0 Å². The molecule has 1 fully saturated rings. The lowest BCUT2D eigenvalue weighted by molar-refractivity contribution is 0.136. The fourth-order valence-corrected chi connectivity index (χ4v) is 2.08. The first kappa shape index (κ1) is 11.5. The van der Waals surface area contributed by atoms with E-state index in [0.29, 0.717) is 25.5 Å². The third-order valence-electron chi connectivity index (χ3n) is 3.00. The van der Waals surface area contributed by atoms with E-state index < -0.39 is 6.09 Å². The topological polar surface area (TPSA) is 82.7 Å². The second-order valence-electron chi connectivity index (χ2n) is 4.21. The molecule has 2 rings (SSSR count). The number of pyridine rings is 1. The van der Waals surface area contributed by atoms with Gasteiger partial charge in [0.25, 0.3) is 0 Å². The van der Waals surface area contributed by atoms with Crippen molar-refractivity contribution in [2.24, 2.45) is 0 Å². The summed E-state index contributed by atoms with van der Waals surface area (Å²) in [5.74, 6) is 0.491. The fraction of sp³-hybridized carbons (Fsp3) is 0.455. The van der Waals surface area contributed by atoms with E-state index in [4.69, 9.17) is 10.8 Å². The first-order valence-corrected chi connectivity index (χ1v) is 5.54. The molecule has 1 atom stereocenters. The van der Waals surface area contributed by atoms with Crippen molar-refractivity contribution in [1.29, 1.82) is 0 Å². The van der Waals surface area contributed by atoms with Crippen LogP contribution in [-0.4, -0.2) is 46.8 Å². The minimum atomic E-state index is -0.855. The molecule has 0 saturated carbocycles. The van der Waals surface area contributed by atoms with Crippen molar-refractivity contribution < 1.29 is 9.90 Å². The molecule has 1 saturated heterocycles. The third kappa shape index (κ3) is 2.41. The van der Waals surface area contributed by atoms with E-state index in [2.05, 4.69) is 9.88 Å². The van der Waals surface area contributed by atoms with Gasteiger partial charge < -0.3 is 20.6 Å². The Labute approximate surface area is 99.7 Å². The summed E-state index contributed by atoms with van der Waals surface area (Å²) in [7, 11) is 0. The number of hydrogen-bond acceptors (Lipinski definition) is 4. The average molecular weight is 236 g/mol. The Balaban J connectivity index is 2.09. The van der Waals surface area contributed by atoms with Crippen LogP contribution in [0, 0.1) is 0 Å². The van der Waals surface area contributed by atoms with Gasteiger partial charge in [0.2, 0.25) is 0 Å². The molecule has 17 heavy (non-hydrogen) atoms. The monoisotopic (exact) mass is 236 g/mol. The molecule has 0 radical (unpaired) electrons. The van der Waals surface area contributed by atoms with Gasteiger partial charge in [0.05, 0.1) is 11.9 Å². The average Bonchev–Trinajstić information content (AvgIpc) is 2.30. The summed E-state index contributed by atoms with van der Waals surface area (Å²) in [6, 6.07) is 3.81. The summed E-state index contributed by atoms with van der Waals surface area (Å²) >= 11 is 0. The van der Waals surface area contributed by atoms with Crippen LogP contribution in [0.1, 0.15) is 6.92 Å². The summed E-state index contributed by atoms with van der Waals surface area (Å²) in [4.78, 5) is 18.5. The van der Waals surface area contributed by atoms with Gasteiger partial charge in [0, 0.05) is 25.7 Å². The number of amides is 1. The summed E-state index contributed by atoms with van der Waals surface area (Å²) in [6.45, 7) is 3.72. The van der Waals surface area contributed by atoms with Gasteiger partial charge in [-0.05, 0) is 19.1 Å². The van der Waals surface area contributed by atoms with Gasteiger partial charge in [-0.2, -0.15) is 0 Å². The number of hydrogen-bond donors (Lipinski definition) is 2. The van der Waals surface area contributed by atoms with Crippen LogP contribution < -0.4 is 10.6 Å². The van der Waals surface area contributed by atoms with Crippen LogP contribution in [0.15, 0.2) is 18.3 Å². The molecule has 1 unspecified atom stereocenters. The normalized spacial score (nSPS) is 20.4. The lowest BCUT2D eigenvalue weighted by Gasteiger charge is -2.39. The molecule has 3 N–H and O–H groups in total. The van der Waals surface area contributed by atoms with Crippen molar-refractivity contribution in [3.8, 4) is 0 Å². The quantitative estimate of drug-likeness (QED) is 0.755. The first-order chi connectivity index (χ1) is 8.08. The highest BCUT2D eigenvalue weighted by Gasteiger charge is 2.26. The number of anilines is 2. The zero-order valence-electron chi connectivity index (χ0n) is 9.71. The van der Waals surface area contributed by atoms with Gasteiger partial charge >= 0.3 is 6.09 Å². The van der Waals surface area contributed by atoms with Crippen LogP contribution in [0.5, 0.6) is 0 Å². The molecule has 92 valence electrons. The van der Waals surface area contributed by atoms with Gasteiger partial charge in [-0.15, -0.1) is 0 Å². The minimum absolute atomic E-state index is 0.144. The maximum Gasteiger partial charge on any atom is 0.407 e. The van der Waals surface area contributed by atoms with Crippen LogP contribution >= 0.6 is 0 Å². The number of aromatic nitrogens is 1. The standard InChI is InChI=1S/C11H16N4O2/c1-8-7-14(11(16)17)4-5-15(8)9-2-3-10(12)13-6-9/h2-3,6,8H,4-5,7H2,1H3,(H2,12,13)(H,16,17). The van der Waals surface area contributed by atoms with Crippen molar-refractivity contribution in [3.05, 3.63) is 18.3 Å². The predicted molar refractivity (Wildman–Crippen MR) is 65.1 cm³/mol. The SMILES string of the molecule is CC1CN(C(=O)O)CCN1c1ccc(N)nc1. The molecule has 1 aliphatic heterocycles. The van der Waals surface area contributed by atoms with Crippen molar-refractivity contribution in [3.63, 3.8) is 0 Å². The van der Waals surface area contributed by atoms with Crippen LogP contribution in [0.3, 0.4) is 0 Å². The van der Waals surface area contributed by atoms with E-state index in [1.807, 2.05) is 13.0 Å². The Morgan fingerprint density at radius 1 is 1.53 bits per heavy atom. The summed E-state index contributed by atoms with van der Waals surface area (Å²) < 4.78 is 0. The zero-order chi connectivity index (χ0) is 12.4. The molecule has 1 aromatic rings. The fourth-order valence-electron chi connectivity index (χ4n) is 2.08. The summed E-state index contributed by atoms with van der Waals surface area (Å²) in [5.41, 5.74) is 6.52. The Morgan fingerprint density at radius 2 is 2.29 bits per heavy atom. The Hall–Kier alpha value is -1.98. The molecule has 0 bridgehead atoms. The maximum absolute atomic E-state index is 10.9. The lowest BCUT2D eigenvalue weighted by Crippen LogP contribution is -2.53. The van der Waals surface area contributed by atoms with Gasteiger partial charge in [-0.3, -0.25) is 0 Å². The van der Waals surface area contributed by atoms with Crippen molar-refractivity contribution >= 4 is 17.6 Å². The smallest absolute Gasteiger partial charge is 0.407 e. The molecule has 0 spiro atoms. The van der Waals surface area contributed by atoms with Crippen LogP contribution in [0.4, 0.5) is 16.3 Å². The number of nitrogens with two attached hydrogens (primary N) is 1. The van der Waals surface area contributed by atoms with Gasteiger partial charge in [-0.1, -0.05) is 0 Å². The number of carbonyl (C=O) groups is 1. The lowest BCUT2D eigenvalue weighted by atomic mass is 10.2. The van der Waals surface area contributed by atoms with Crippen molar-refractivity contribution in [2.75, 3.05) is 30.3 Å². The van der Waals surface area contributed by atoms with E-state index >= 15 is 0 Å². The van der Waals surface area contributed by atoms with Gasteiger partial charge in [0.15, 0.2) is 0 Å². The van der Waals surface area contributed by atoms with E-state index in [-0.39, 0.29) is 6.04 Å². The molecule has 6 heteroatoms. The number of carboxylic acid groups (broad SMARTS) is 1. The molecule has 0 aromatic carbocycles. The second kappa shape index (κ2) is 4.48. The third-order valence-corrected chi connectivity index (χ3v) is 3.00. The molecule has 1 amide bonds. The van der Waals surface area contributed by atoms with E-state index in [1.165, 1.54) is 4.90 Å². The second-order valence-corrected chi connectivity index (χ2v) is 4.21. The van der Waals surface area contributed by atoms with E-state index in [0.717, 1.165) is 5.69 Å². The zero-order valence-corrected chi connectivity index (χ0v) is 9.71. The molecule has 0 aliphatic carbocycles. The highest BCUT2D eigenvalue weighted by Crippen LogP contribution is 2.20. The predicted octanol–water partition coefficient (Wildman–Crippen LogP) is 0.852. The number of piperazine rings is 1. The van der Waals surface area contributed by atoms with E-state index in [1.54, 1.807) is 12.3 Å². The molecule has 1 aliphatic rings. The Kier molecular flexibility index (Phi) is 3.03. The molecule has 1 aromatic heterocycles. The van der Waals surface area contributed by atoms with Gasteiger partial charge in [0.1, 0.15) is 5.82 Å². The number of nitrogens with zero attached hydrogens (tertiary/aromatic N) is 3. The van der Waals surface area contributed by atoms with Crippen LogP contribution in [-0.2, 0) is 0 Å². The Bertz CT molecular complexity index is 406. The molecular formula is C11H16N4O2. The van der Waals surface area contributed by atoms with Gasteiger partial charge in [-0.25, -0.2) is 9.78 Å². The highest BCUT2D eigenvalue weighted by atomic mass is 16.4. The highest BCUT2D eigenvalue weighted by molar-refractivity contribution is 5.65. The molecule has 2 heterocycles.